The van der Waals surface area contributed by atoms with Gasteiger partial charge >= 0.3 is 0 Å². The van der Waals surface area contributed by atoms with E-state index < -0.39 is 0 Å². The Morgan fingerprint density at radius 1 is 1.59 bits per heavy atom. The molecule has 1 N–H and O–H groups in total. The molecule has 0 spiro atoms. The van der Waals surface area contributed by atoms with Crippen molar-refractivity contribution in [2.75, 3.05) is 13.1 Å². The molecule has 0 saturated carbocycles. The van der Waals surface area contributed by atoms with Crippen molar-refractivity contribution in [3.8, 4) is 0 Å². The number of halogens is 1. The van der Waals surface area contributed by atoms with E-state index in [0.29, 0.717) is 29.5 Å². The summed E-state index contributed by atoms with van der Waals surface area (Å²) in [5.41, 5.74) is 0.991. The highest BCUT2D eigenvalue weighted by Crippen LogP contribution is 2.19. The minimum Gasteiger partial charge on any atom is -0.316 e. The number of aromatic nitrogens is 4. The summed E-state index contributed by atoms with van der Waals surface area (Å²) in [7, 11) is 0. The van der Waals surface area contributed by atoms with E-state index in [1.165, 1.54) is 10.8 Å². The molecule has 1 saturated heterocycles. The van der Waals surface area contributed by atoms with Crippen molar-refractivity contribution in [1.82, 2.24) is 24.9 Å². The first-order valence-electron chi connectivity index (χ1n) is 5.81. The largest absolute Gasteiger partial charge is 0.316 e. The SMILES string of the molecule is Cc1nc2ncnn2c(CC2CCNC2)c1F. The summed E-state index contributed by atoms with van der Waals surface area (Å²) >= 11 is 0. The highest BCUT2D eigenvalue weighted by Gasteiger charge is 2.21. The van der Waals surface area contributed by atoms with Gasteiger partial charge in [-0.2, -0.15) is 14.6 Å². The predicted octanol–water partition coefficient (Wildman–Crippen LogP) is 0.724. The Morgan fingerprint density at radius 2 is 2.47 bits per heavy atom. The maximum atomic E-state index is 14.1. The smallest absolute Gasteiger partial charge is 0.252 e. The van der Waals surface area contributed by atoms with Crippen LogP contribution in [0.5, 0.6) is 0 Å². The van der Waals surface area contributed by atoms with E-state index in [4.69, 9.17) is 0 Å². The normalized spacial score (nSPS) is 20.2. The lowest BCUT2D eigenvalue weighted by Crippen LogP contribution is -2.15. The molecule has 90 valence electrons. The summed E-state index contributed by atoms with van der Waals surface area (Å²) in [5.74, 6) is 0.693. The zero-order valence-electron chi connectivity index (χ0n) is 9.65. The predicted molar refractivity (Wildman–Crippen MR) is 60.2 cm³/mol. The number of fused-ring (bicyclic) bond motifs is 1. The summed E-state index contributed by atoms with van der Waals surface area (Å²) in [6, 6.07) is 0. The molecule has 3 heterocycles. The molecule has 1 unspecified atom stereocenters. The summed E-state index contributed by atoms with van der Waals surface area (Å²) < 4.78 is 15.6. The molecule has 0 aliphatic carbocycles. The van der Waals surface area contributed by atoms with E-state index in [0.717, 1.165) is 19.5 Å². The van der Waals surface area contributed by atoms with E-state index in [1.54, 1.807) is 6.92 Å². The lowest BCUT2D eigenvalue weighted by Gasteiger charge is -2.11. The molecule has 6 heteroatoms. The third kappa shape index (κ3) is 1.78. The van der Waals surface area contributed by atoms with Gasteiger partial charge in [-0.05, 0) is 38.8 Å². The minimum atomic E-state index is -0.255. The topological polar surface area (TPSA) is 55.1 Å². The molecule has 2 aromatic heterocycles. The van der Waals surface area contributed by atoms with Gasteiger partial charge in [-0.1, -0.05) is 0 Å². The first-order valence-corrected chi connectivity index (χ1v) is 5.81. The van der Waals surface area contributed by atoms with Crippen molar-refractivity contribution in [1.29, 1.82) is 0 Å². The van der Waals surface area contributed by atoms with Crippen molar-refractivity contribution in [3.05, 3.63) is 23.5 Å². The summed E-state index contributed by atoms with van der Waals surface area (Å²) in [6.45, 7) is 3.62. The number of hydrogen-bond acceptors (Lipinski definition) is 4. The molecule has 17 heavy (non-hydrogen) atoms. The monoisotopic (exact) mass is 235 g/mol. The van der Waals surface area contributed by atoms with Gasteiger partial charge in [0.15, 0.2) is 5.82 Å². The van der Waals surface area contributed by atoms with Crippen molar-refractivity contribution < 1.29 is 4.39 Å². The molecule has 0 amide bonds. The first-order chi connectivity index (χ1) is 8.25. The van der Waals surface area contributed by atoms with Crippen LogP contribution in [0.1, 0.15) is 17.8 Å². The molecule has 5 nitrogen and oxygen atoms in total. The second kappa shape index (κ2) is 4.03. The average molecular weight is 235 g/mol. The number of hydrogen-bond donors (Lipinski definition) is 1. The van der Waals surface area contributed by atoms with Gasteiger partial charge in [0.2, 0.25) is 0 Å². The van der Waals surface area contributed by atoms with E-state index >= 15 is 0 Å². The molecule has 1 fully saturated rings. The Labute approximate surface area is 98.1 Å². The third-order valence-corrected chi connectivity index (χ3v) is 3.27. The van der Waals surface area contributed by atoms with Gasteiger partial charge in [-0.3, -0.25) is 0 Å². The number of nitrogens with one attached hydrogen (secondary N) is 1. The molecule has 1 aliphatic rings. The lowest BCUT2D eigenvalue weighted by atomic mass is 10.0. The van der Waals surface area contributed by atoms with Gasteiger partial charge in [-0.25, -0.2) is 9.37 Å². The van der Waals surface area contributed by atoms with Gasteiger partial charge in [-0.15, -0.1) is 0 Å². The number of nitrogens with zero attached hydrogens (tertiary/aromatic N) is 4. The Morgan fingerprint density at radius 3 is 3.24 bits per heavy atom. The van der Waals surface area contributed by atoms with Crippen LogP contribution < -0.4 is 5.32 Å². The summed E-state index contributed by atoms with van der Waals surface area (Å²) in [6.07, 6.45) is 3.18. The van der Waals surface area contributed by atoms with E-state index in [2.05, 4.69) is 20.4 Å². The fraction of sp³-hybridized carbons (Fsp3) is 0.545. The standard InChI is InChI=1S/C11H14FN5/c1-7-10(12)9(4-8-2-3-13-5-8)17-11(16-7)14-6-15-17/h6,8,13H,2-5H2,1H3. The Balaban J connectivity index is 2.05. The molecule has 2 aromatic rings. The van der Waals surface area contributed by atoms with E-state index in [9.17, 15) is 4.39 Å². The van der Waals surface area contributed by atoms with Crippen LogP contribution in [-0.4, -0.2) is 32.7 Å². The quantitative estimate of drug-likeness (QED) is 0.833. The zero-order valence-corrected chi connectivity index (χ0v) is 9.65. The third-order valence-electron chi connectivity index (χ3n) is 3.27. The van der Waals surface area contributed by atoms with Crippen molar-refractivity contribution in [2.24, 2.45) is 5.92 Å². The maximum absolute atomic E-state index is 14.1. The van der Waals surface area contributed by atoms with Crippen molar-refractivity contribution in [2.45, 2.75) is 19.8 Å². The Hall–Kier alpha value is -1.56. The minimum absolute atomic E-state index is 0.255. The Kier molecular flexibility index (Phi) is 2.51. The number of rotatable bonds is 2. The van der Waals surface area contributed by atoms with E-state index in [1.807, 2.05) is 0 Å². The lowest BCUT2D eigenvalue weighted by molar-refractivity contribution is 0.510. The number of aryl methyl sites for hydroxylation is 1. The fourth-order valence-electron chi connectivity index (χ4n) is 2.34. The zero-order chi connectivity index (χ0) is 11.8. The van der Waals surface area contributed by atoms with Crippen molar-refractivity contribution in [3.63, 3.8) is 0 Å². The molecule has 0 bridgehead atoms. The average Bonchev–Trinajstić information content (AvgIpc) is 2.94. The van der Waals surface area contributed by atoms with Crippen LogP contribution >= 0.6 is 0 Å². The molecule has 0 radical (unpaired) electrons. The van der Waals surface area contributed by atoms with Crippen LogP contribution in [0.25, 0.3) is 5.78 Å². The summed E-state index contributed by atoms with van der Waals surface area (Å²) in [5, 5.41) is 7.33. The van der Waals surface area contributed by atoms with Crippen LogP contribution in [0, 0.1) is 18.7 Å². The fourth-order valence-corrected chi connectivity index (χ4v) is 2.34. The van der Waals surface area contributed by atoms with Gasteiger partial charge < -0.3 is 5.32 Å². The van der Waals surface area contributed by atoms with Gasteiger partial charge in [0, 0.05) is 0 Å². The van der Waals surface area contributed by atoms with Crippen LogP contribution in [0.2, 0.25) is 0 Å². The van der Waals surface area contributed by atoms with Crippen LogP contribution in [0.4, 0.5) is 4.39 Å². The highest BCUT2D eigenvalue weighted by molar-refractivity contribution is 5.31. The van der Waals surface area contributed by atoms with Crippen LogP contribution in [0.3, 0.4) is 0 Å². The van der Waals surface area contributed by atoms with E-state index in [-0.39, 0.29) is 5.82 Å². The van der Waals surface area contributed by atoms with Gasteiger partial charge in [0.1, 0.15) is 6.33 Å². The maximum Gasteiger partial charge on any atom is 0.252 e. The van der Waals surface area contributed by atoms with Crippen molar-refractivity contribution >= 4 is 5.78 Å². The highest BCUT2D eigenvalue weighted by atomic mass is 19.1. The van der Waals surface area contributed by atoms with Crippen LogP contribution in [-0.2, 0) is 6.42 Å². The molecular weight excluding hydrogens is 221 g/mol. The molecule has 3 rings (SSSR count). The molecule has 0 aromatic carbocycles. The van der Waals surface area contributed by atoms with Gasteiger partial charge in [0.05, 0.1) is 11.4 Å². The second-order valence-electron chi connectivity index (χ2n) is 4.49. The summed E-state index contributed by atoms with van der Waals surface area (Å²) in [4.78, 5) is 8.08. The first kappa shape index (κ1) is 10.6. The molecule has 1 atom stereocenters. The Bertz CT molecular complexity index is 544. The molecule has 1 aliphatic heterocycles. The van der Waals surface area contributed by atoms with Crippen LogP contribution in [0.15, 0.2) is 6.33 Å². The molecular formula is C11H14FN5. The second-order valence-corrected chi connectivity index (χ2v) is 4.49. The van der Waals surface area contributed by atoms with Gasteiger partial charge in [0.25, 0.3) is 5.78 Å².